The molecule has 0 radical (unpaired) electrons. The normalized spacial score (nSPS) is 20.0. The molecule has 2 aromatic rings. The molecule has 2 saturated heterocycles. The Kier molecular flexibility index (Phi) is 7.15. The highest BCUT2D eigenvalue weighted by Gasteiger charge is 2.37. The predicted octanol–water partition coefficient (Wildman–Crippen LogP) is 3.41. The molecule has 0 aliphatic carbocycles. The van der Waals surface area contributed by atoms with E-state index in [1.807, 2.05) is 4.90 Å². The van der Waals surface area contributed by atoms with E-state index >= 15 is 0 Å². The van der Waals surface area contributed by atoms with Crippen molar-refractivity contribution < 1.29 is 35.2 Å². The fraction of sp³-hybridized carbons (Fsp3) is 0.619. The molecule has 8 nitrogen and oxygen atoms in total. The number of likely N-dealkylation sites (tertiary alicyclic amines) is 1. The molecule has 2 aliphatic rings. The lowest BCUT2D eigenvalue weighted by molar-refractivity contribution is -0.146. The number of halogens is 4. The van der Waals surface area contributed by atoms with Crippen LogP contribution in [0.1, 0.15) is 48.9 Å². The maximum atomic E-state index is 14.8. The predicted molar refractivity (Wildman–Crippen MR) is 113 cm³/mol. The van der Waals surface area contributed by atoms with Crippen LogP contribution >= 0.6 is 0 Å². The third-order valence-corrected chi connectivity index (χ3v) is 7.56. The van der Waals surface area contributed by atoms with Gasteiger partial charge in [0.15, 0.2) is 0 Å². The SMILES string of the molecule is CS(=O)(=O)N1CCC(c2ccc(OC3CCN(Cc4nc(C(F)(F)F)no4)CC3)cc2F)CC1. The third kappa shape index (κ3) is 6.05. The highest BCUT2D eigenvalue weighted by molar-refractivity contribution is 7.88. The molecule has 34 heavy (non-hydrogen) atoms. The number of rotatable bonds is 6. The van der Waals surface area contributed by atoms with Crippen molar-refractivity contribution in [3.05, 3.63) is 41.3 Å². The van der Waals surface area contributed by atoms with E-state index in [-0.39, 0.29) is 30.3 Å². The molecule has 0 atom stereocenters. The summed E-state index contributed by atoms with van der Waals surface area (Å²) < 4.78 is 87.9. The Morgan fingerprint density at radius 1 is 1.12 bits per heavy atom. The second-order valence-corrected chi connectivity index (χ2v) is 10.7. The zero-order valence-corrected chi connectivity index (χ0v) is 19.4. The van der Waals surface area contributed by atoms with Crippen molar-refractivity contribution in [2.75, 3.05) is 32.4 Å². The molecular formula is C21H26F4N4O4S. The van der Waals surface area contributed by atoms with Gasteiger partial charge in [-0.1, -0.05) is 11.2 Å². The first-order chi connectivity index (χ1) is 16.0. The van der Waals surface area contributed by atoms with Gasteiger partial charge in [-0.25, -0.2) is 17.1 Å². The number of piperidine rings is 2. The number of sulfonamides is 1. The molecule has 13 heteroatoms. The van der Waals surface area contributed by atoms with Crippen molar-refractivity contribution in [2.24, 2.45) is 0 Å². The summed E-state index contributed by atoms with van der Waals surface area (Å²) in [5.41, 5.74) is 0.563. The zero-order valence-electron chi connectivity index (χ0n) is 18.6. The molecule has 1 aromatic heterocycles. The van der Waals surface area contributed by atoms with Crippen molar-refractivity contribution in [3.63, 3.8) is 0 Å². The molecule has 0 unspecified atom stereocenters. The van der Waals surface area contributed by atoms with Crippen LogP contribution in [0.25, 0.3) is 0 Å². The van der Waals surface area contributed by atoms with E-state index in [4.69, 9.17) is 4.74 Å². The van der Waals surface area contributed by atoms with Crippen LogP contribution < -0.4 is 4.74 Å². The Hall–Kier alpha value is -2.25. The number of ether oxygens (including phenoxy) is 1. The number of alkyl halides is 3. The molecule has 0 bridgehead atoms. The lowest BCUT2D eigenvalue weighted by Crippen LogP contribution is -2.38. The average molecular weight is 507 g/mol. The van der Waals surface area contributed by atoms with Gasteiger partial charge in [-0.05, 0) is 43.2 Å². The van der Waals surface area contributed by atoms with Crippen molar-refractivity contribution in [1.82, 2.24) is 19.3 Å². The number of nitrogens with zero attached hydrogens (tertiary/aromatic N) is 4. The van der Waals surface area contributed by atoms with E-state index in [0.717, 1.165) is 0 Å². The van der Waals surface area contributed by atoms with Crippen molar-refractivity contribution in [3.8, 4) is 5.75 Å². The second-order valence-electron chi connectivity index (χ2n) is 8.72. The summed E-state index contributed by atoms with van der Waals surface area (Å²) in [5.74, 6) is -1.37. The maximum Gasteiger partial charge on any atom is 0.455 e. The molecule has 2 aliphatic heterocycles. The van der Waals surface area contributed by atoms with E-state index in [1.54, 1.807) is 12.1 Å². The lowest BCUT2D eigenvalue weighted by atomic mass is 9.90. The minimum atomic E-state index is -4.64. The summed E-state index contributed by atoms with van der Waals surface area (Å²) >= 11 is 0. The highest BCUT2D eigenvalue weighted by atomic mass is 32.2. The monoisotopic (exact) mass is 506 g/mol. The molecule has 0 saturated carbocycles. The lowest BCUT2D eigenvalue weighted by Gasteiger charge is -2.32. The van der Waals surface area contributed by atoms with Crippen LogP contribution in [0.4, 0.5) is 17.6 Å². The molecule has 4 rings (SSSR count). The van der Waals surface area contributed by atoms with Crippen LogP contribution in [0.5, 0.6) is 5.75 Å². The summed E-state index contributed by atoms with van der Waals surface area (Å²) in [6.07, 6.45) is -1.24. The van der Waals surface area contributed by atoms with E-state index < -0.39 is 22.0 Å². The molecule has 0 spiro atoms. The van der Waals surface area contributed by atoms with Crippen LogP contribution in [-0.4, -0.2) is 66.3 Å². The average Bonchev–Trinajstić information content (AvgIpc) is 3.24. The summed E-state index contributed by atoms with van der Waals surface area (Å²) in [4.78, 5) is 5.29. The van der Waals surface area contributed by atoms with Crippen molar-refractivity contribution in [1.29, 1.82) is 0 Å². The second kappa shape index (κ2) is 9.78. The summed E-state index contributed by atoms with van der Waals surface area (Å²) in [6, 6.07) is 4.79. The van der Waals surface area contributed by atoms with E-state index in [0.29, 0.717) is 63.2 Å². The van der Waals surface area contributed by atoms with Crippen LogP contribution in [-0.2, 0) is 22.7 Å². The Balaban J connectivity index is 1.27. The van der Waals surface area contributed by atoms with E-state index in [2.05, 4.69) is 14.7 Å². The minimum absolute atomic E-state index is 0.0437. The fourth-order valence-electron chi connectivity index (χ4n) is 4.41. The van der Waals surface area contributed by atoms with Gasteiger partial charge in [0, 0.05) is 32.2 Å². The first-order valence-corrected chi connectivity index (χ1v) is 12.9. The van der Waals surface area contributed by atoms with Crippen molar-refractivity contribution in [2.45, 2.75) is 50.4 Å². The van der Waals surface area contributed by atoms with E-state index in [1.165, 1.54) is 16.6 Å². The quantitative estimate of drug-likeness (QED) is 0.555. The van der Waals surface area contributed by atoms with E-state index in [9.17, 15) is 26.0 Å². The smallest absolute Gasteiger partial charge is 0.455 e. The zero-order chi connectivity index (χ0) is 24.5. The van der Waals surface area contributed by atoms with Gasteiger partial charge in [0.2, 0.25) is 15.9 Å². The molecular weight excluding hydrogens is 480 g/mol. The minimum Gasteiger partial charge on any atom is -0.490 e. The first kappa shape index (κ1) is 24.9. The summed E-state index contributed by atoms with van der Waals surface area (Å²) in [5, 5.41) is 2.96. The molecule has 0 amide bonds. The maximum absolute atomic E-state index is 14.8. The topological polar surface area (TPSA) is 88.8 Å². The van der Waals surface area contributed by atoms with Gasteiger partial charge in [-0.2, -0.15) is 18.2 Å². The van der Waals surface area contributed by atoms with Gasteiger partial charge in [0.1, 0.15) is 17.7 Å². The molecule has 188 valence electrons. The first-order valence-electron chi connectivity index (χ1n) is 11.0. The van der Waals surface area contributed by atoms with Crippen LogP contribution in [0.15, 0.2) is 22.7 Å². The Labute approximate surface area is 194 Å². The Morgan fingerprint density at radius 3 is 2.35 bits per heavy atom. The fourth-order valence-corrected chi connectivity index (χ4v) is 5.29. The molecule has 0 N–H and O–H groups in total. The van der Waals surface area contributed by atoms with Gasteiger partial charge in [-0.3, -0.25) is 4.90 Å². The van der Waals surface area contributed by atoms with Gasteiger partial charge in [-0.15, -0.1) is 0 Å². The van der Waals surface area contributed by atoms with Gasteiger partial charge in [0.05, 0.1) is 12.8 Å². The largest absolute Gasteiger partial charge is 0.490 e. The van der Waals surface area contributed by atoms with Crippen LogP contribution in [0.2, 0.25) is 0 Å². The molecule has 3 heterocycles. The van der Waals surface area contributed by atoms with Crippen LogP contribution in [0, 0.1) is 5.82 Å². The van der Waals surface area contributed by atoms with Gasteiger partial charge < -0.3 is 9.26 Å². The number of hydrogen-bond acceptors (Lipinski definition) is 7. The Morgan fingerprint density at radius 2 is 1.79 bits per heavy atom. The summed E-state index contributed by atoms with van der Waals surface area (Å²) in [7, 11) is -3.23. The molecule has 2 fully saturated rings. The highest BCUT2D eigenvalue weighted by Crippen LogP contribution is 2.33. The van der Waals surface area contributed by atoms with Gasteiger partial charge in [0.25, 0.3) is 5.82 Å². The number of benzene rings is 1. The third-order valence-electron chi connectivity index (χ3n) is 6.25. The standard InChI is InChI=1S/C21H26F4N4O4S/c1-34(30,31)29-10-4-14(5-11-29)17-3-2-16(12-18(17)22)32-15-6-8-28(9-7-15)13-19-26-20(27-33-19)21(23,24)25/h2-3,12,14-15H,4-11,13H2,1H3. The number of hydrogen-bond donors (Lipinski definition) is 0. The number of aromatic nitrogens is 2. The molecule has 1 aromatic carbocycles. The van der Waals surface area contributed by atoms with Crippen LogP contribution in [0.3, 0.4) is 0 Å². The van der Waals surface area contributed by atoms with Crippen molar-refractivity contribution >= 4 is 10.0 Å². The Bertz CT molecular complexity index is 1090. The summed E-state index contributed by atoms with van der Waals surface area (Å²) in [6.45, 7) is 2.00. The van der Waals surface area contributed by atoms with Gasteiger partial charge >= 0.3 is 6.18 Å².